The fraction of sp³-hybridized carbons (Fsp3) is 0.286. The molecule has 0 radical (unpaired) electrons. The standard InChI is InChI=1S/C21H24N4O3/c1-15-22-20(23-28-15)14-27-19-8-6-5-7-18(19)21(26)25(4)13-16-9-11-17(12-10-16)24(2)3/h5-12H,13-14H2,1-4H3. The lowest BCUT2D eigenvalue weighted by Gasteiger charge is -2.20. The largest absolute Gasteiger partial charge is 0.485 e. The van der Waals surface area contributed by atoms with Crippen molar-refractivity contribution in [2.24, 2.45) is 0 Å². The van der Waals surface area contributed by atoms with Crippen molar-refractivity contribution in [3.8, 4) is 5.75 Å². The van der Waals surface area contributed by atoms with Crippen molar-refractivity contribution < 1.29 is 14.1 Å². The lowest BCUT2D eigenvalue weighted by Crippen LogP contribution is -2.26. The normalized spacial score (nSPS) is 10.6. The summed E-state index contributed by atoms with van der Waals surface area (Å²) in [7, 11) is 5.77. The van der Waals surface area contributed by atoms with E-state index in [1.54, 1.807) is 31.0 Å². The molecule has 0 bridgehead atoms. The average Bonchev–Trinajstić information content (AvgIpc) is 3.11. The topological polar surface area (TPSA) is 71.7 Å². The molecular formula is C21H24N4O3. The molecule has 1 amide bonds. The van der Waals surface area contributed by atoms with Crippen LogP contribution in [-0.2, 0) is 13.2 Å². The molecule has 146 valence electrons. The van der Waals surface area contributed by atoms with E-state index in [0.29, 0.717) is 29.6 Å². The van der Waals surface area contributed by atoms with Gasteiger partial charge in [0, 0.05) is 40.3 Å². The molecule has 0 saturated carbocycles. The van der Waals surface area contributed by atoms with E-state index in [4.69, 9.17) is 9.26 Å². The van der Waals surface area contributed by atoms with E-state index in [9.17, 15) is 4.79 Å². The fourth-order valence-corrected chi connectivity index (χ4v) is 2.76. The molecule has 1 heterocycles. The highest BCUT2D eigenvalue weighted by Crippen LogP contribution is 2.22. The smallest absolute Gasteiger partial charge is 0.257 e. The predicted octanol–water partition coefficient (Wildman–Crippen LogP) is 3.30. The lowest BCUT2D eigenvalue weighted by molar-refractivity contribution is 0.0780. The van der Waals surface area contributed by atoms with Gasteiger partial charge < -0.3 is 19.1 Å². The van der Waals surface area contributed by atoms with E-state index in [-0.39, 0.29) is 12.5 Å². The number of hydrogen-bond donors (Lipinski definition) is 0. The number of hydrogen-bond acceptors (Lipinski definition) is 6. The summed E-state index contributed by atoms with van der Waals surface area (Å²) in [5.74, 6) is 1.29. The SMILES string of the molecule is Cc1nc(COc2ccccc2C(=O)N(C)Cc2ccc(N(C)C)cc2)no1. The van der Waals surface area contributed by atoms with Gasteiger partial charge in [-0.2, -0.15) is 4.98 Å². The summed E-state index contributed by atoms with van der Waals surface area (Å²) in [5, 5.41) is 3.81. The van der Waals surface area contributed by atoms with Crippen LogP contribution in [0.4, 0.5) is 5.69 Å². The van der Waals surface area contributed by atoms with Crippen molar-refractivity contribution in [2.45, 2.75) is 20.1 Å². The Labute approximate surface area is 164 Å². The molecular weight excluding hydrogens is 356 g/mol. The first-order valence-corrected chi connectivity index (χ1v) is 8.97. The highest BCUT2D eigenvalue weighted by Gasteiger charge is 2.17. The third kappa shape index (κ3) is 4.68. The van der Waals surface area contributed by atoms with Gasteiger partial charge in [-0.05, 0) is 29.8 Å². The van der Waals surface area contributed by atoms with Crippen LogP contribution in [0.25, 0.3) is 0 Å². The number of ether oxygens (including phenoxy) is 1. The maximum absolute atomic E-state index is 12.9. The molecule has 7 nitrogen and oxygen atoms in total. The molecule has 3 aromatic rings. The van der Waals surface area contributed by atoms with Gasteiger partial charge in [-0.3, -0.25) is 4.79 Å². The number of benzene rings is 2. The molecule has 3 rings (SSSR count). The number of amides is 1. The molecule has 2 aromatic carbocycles. The van der Waals surface area contributed by atoms with Crippen LogP contribution in [0.5, 0.6) is 5.75 Å². The Balaban J connectivity index is 1.69. The minimum absolute atomic E-state index is 0.114. The molecule has 28 heavy (non-hydrogen) atoms. The highest BCUT2D eigenvalue weighted by atomic mass is 16.5. The predicted molar refractivity (Wildman–Crippen MR) is 106 cm³/mol. The van der Waals surface area contributed by atoms with Crippen LogP contribution in [0.3, 0.4) is 0 Å². The second-order valence-corrected chi connectivity index (χ2v) is 6.74. The molecule has 0 N–H and O–H groups in total. The summed E-state index contributed by atoms with van der Waals surface area (Å²) in [6, 6.07) is 15.3. The van der Waals surface area contributed by atoms with Gasteiger partial charge in [0.15, 0.2) is 6.61 Å². The zero-order valence-corrected chi connectivity index (χ0v) is 16.5. The summed E-state index contributed by atoms with van der Waals surface area (Å²) in [6.45, 7) is 2.36. The zero-order chi connectivity index (χ0) is 20.1. The van der Waals surface area contributed by atoms with Crippen molar-refractivity contribution in [2.75, 3.05) is 26.0 Å². The Bertz CT molecular complexity index is 935. The summed E-state index contributed by atoms with van der Waals surface area (Å²) in [5.41, 5.74) is 2.67. The lowest BCUT2D eigenvalue weighted by atomic mass is 10.1. The van der Waals surface area contributed by atoms with Crippen LogP contribution >= 0.6 is 0 Å². The van der Waals surface area contributed by atoms with E-state index in [1.165, 1.54) is 0 Å². The number of carbonyl (C=O) groups excluding carboxylic acids is 1. The first kappa shape index (κ1) is 19.4. The van der Waals surface area contributed by atoms with Gasteiger partial charge in [-0.25, -0.2) is 0 Å². The zero-order valence-electron chi connectivity index (χ0n) is 16.5. The molecule has 0 fully saturated rings. The summed E-state index contributed by atoms with van der Waals surface area (Å²) >= 11 is 0. The average molecular weight is 380 g/mol. The van der Waals surface area contributed by atoms with Crippen LogP contribution in [0, 0.1) is 6.92 Å². The van der Waals surface area contributed by atoms with Crippen molar-refractivity contribution in [1.29, 1.82) is 0 Å². The minimum Gasteiger partial charge on any atom is -0.485 e. The van der Waals surface area contributed by atoms with Crippen molar-refractivity contribution in [1.82, 2.24) is 15.0 Å². The van der Waals surface area contributed by atoms with E-state index in [2.05, 4.69) is 10.1 Å². The molecule has 0 aliphatic rings. The second kappa shape index (κ2) is 8.56. The molecule has 0 aliphatic heterocycles. The summed E-state index contributed by atoms with van der Waals surface area (Å²) < 4.78 is 10.7. The van der Waals surface area contributed by atoms with E-state index in [0.717, 1.165) is 11.3 Å². The molecule has 0 aliphatic carbocycles. The minimum atomic E-state index is -0.114. The molecule has 0 saturated heterocycles. The third-order valence-corrected chi connectivity index (χ3v) is 4.26. The molecule has 1 aromatic heterocycles. The monoisotopic (exact) mass is 380 g/mol. The number of rotatable bonds is 7. The fourth-order valence-electron chi connectivity index (χ4n) is 2.76. The number of aryl methyl sites for hydroxylation is 1. The van der Waals surface area contributed by atoms with Gasteiger partial charge in [0.1, 0.15) is 5.75 Å². The van der Waals surface area contributed by atoms with Crippen LogP contribution in [-0.4, -0.2) is 42.1 Å². The van der Waals surface area contributed by atoms with Crippen molar-refractivity contribution >= 4 is 11.6 Å². The van der Waals surface area contributed by atoms with Gasteiger partial charge >= 0.3 is 0 Å². The van der Waals surface area contributed by atoms with Gasteiger partial charge in [0.2, 0.25) is 11.7 Å². The first-order chi connectivity index (χ1) is 13.4. The molecule has 7 heteroatoms. The summed E-state index contributed by atoms with van der Waals surface area (Å²) in [6.07, 6.45) is 0. The Morgan fingerprint density at radius 3 is 2.43 bits per heavy atom. The van der Waals surface area contributed by atoms with E-state index in [1.807, 2.05) is 55.4 Å². The molecule has 0 spiro atoms. The van der Waals surface area contributed by atoms with E-state index >= 15 is 0 Å². The Morgan fingerprint density at radius 1 is 1.07 bits per heavy atom. The number of aromatic nitrogens is 2. The maximum atomic E-state index is 12.9. The third-order valence-electron chi connectivity index (χ3n) is 4.26. The van der Waals surface area contributed by atoms with Crippen molar-refractivity contribution in [3.63, 3.8) is 0 Å². The van der Waals surface area contributed by atoms with Gasteiger partial charge in [0.05, 0.1) is 5.56 Å². The van der Waals surface area contributed by atoms with Gasteiger partial charge in [0.25, 0.3) is 5.91 Å². The van der Waals surface area contributed by atoms with E-state index < -0.39 is 0 Å². The Kier molecular flexibility index (Phi) is 5.93. The van der Waals surface area contributed by atoms with Gasteiger partial charge in [-0.1, -0.05) is 29.4 Å². The van der Waals surface area contributed by atoms with Crippen LogP contribution in [0.15, 0.2) is 53.1 Å². The second-order valence-electron chi connectivity index (χ2n) is 6.74. The highest BCUT2D eigenvalue weighted by molar-refractivity contribution is 5.96. The first-order valence-electron chi connectivity index (χ1n) is 8.97. The Hall–Kier alpha value is -3.35. The summed E-state index contributed by atoms with van der Waals surface area (Å²) in [4.78, 5) is 20.8. The Morgan fingerprint density at radius 2 is 1.79 bits per heavy atom. The number of nitrogens with zero attached hydrogens (tertiary/aromatic N) is 4. The molecule has 0 atom stereocenters. The number of carbonyl (C=O) groups is 1. The van der Waals surface area contributed by atoms with Crippen LogP contribution < -0.4 is 9.64 Å². The molecule has 0 unspecified atom stereocenters. The number of para-hydroxylation sites is 1. The maximum Gasteiger partial charge on any atom is 0.257 e. The number of anilines is 1. The van der Waals surface area contributed by atoms with Gasteiger partial charge in [-0.15, -0.1) is 0 Å². The van der Waals surface area contributed by atoms with Crippen molar-refractivity contribution in [3.05, 3.63) is 71.4 Å². The quantitative estimate of drug-likeness (QED) is 0.626. The van der Waals surface area contributed by atoms with Crippen LogP contribution in [0.1, 0.15) is 27.6 Å². The van der Waals surface area contributed by atoms with Crippen LogP contribution in [0.2, 0.25) is 0 Å².